The van der Waals surface area contributed by atoms with Crippen LogP contribution < -0.4 is 15.4 Å². The van der Waals surface area contributed by atoms with Crippen molar-refractivity contribution in [1.29, 1.82) is 0 Å². The second-order valence-corrected chi connectivity index (χ2v) is 4.61. The van der Waals surface area contributed by atoms with Gasteiger partial charge in [0.1, 0.15) is 5.75 Å². The van der Waals surface area contributed by atoms with E-state index in [4.69, 9.17) is 16.3 Å². The van der Waals surface area contributed by atoms with Gasteiger partial charge >= 0.3 is 0 Å². The van der Waals surface area contributed by atoms with Gasteiger partial charge in [0.15, 0.2) is 0 Å². The zero-order valence-electron chi connectivity index (χ0n) is 9.64. The molecule has 1 aliphatic heterocycles. The van der Waals surface area contributed by atoms with Crippen LogP contribution in [0.2, 0.25) is 5.02 Å². The average molecular weight is 241 g/mol. The number of hydrogen-bond acceptors (Lipinski definition) is 3. The van der Waals surface area contributed by atoms with Gasteiger partial charge in [-0.3, -0.25) is 0 Å². The van der Waals surface area contributed by atoms with Crippen LogP contribution in [0.4, 0.5) is 5.69 Å². The van der Waals surface area contributed by atoms with Crippen LogP contribution in [-0.4, -0.2) is 26.7 Å². The third-order valence-electron chi connectivity index (χ3n) is 2.93. The lowest BCUT2D eigenvalue weighted by Crippen LogP contribution is -2.45. The van der Waals surface area contributed by atoms with Crippen molar-refractivity contribution < 1.29 is 4.74 Å². The molecule has 0 aliphatic carbocycles. The van der Waals surface area contributed by atoms with Gasteiger partial charge in [0, 0.05) is 30.6 Å². The molecule has 0 unspecified atom stereocenters. The Balaban J connectivity index is 2.08. The zero-order chi connectivity index (χ0) is 11.5. The van der Waals surface area contributed by atoms with Gasteiger partial charge in [0.05, 0.1) is 12.8 Å². The molecule has 2 N–H and O–H groups in total. The highest BCUT2D eigenvalue weighted by Gasteiger charge is 2.17. The van der Waals surface area contributed by atoms with E-state index in [0.717, 1.165) is 41.7 Å². The quantitative estimate of drug-likeness (QED) is 0.847. The van der Waals surface area contributed by atoms with E-state index in [9.17, 15) is 0 Å². The maximum atomic E-state index is 6.10. The molecule has 1 heterocycles. The molecule has 88 valence electrons. The summed E-state index contributed by atoms with van der Waals surface area (Å²) in [6.45, 7) is 5.12. The number of anilines is 1. The highest BCUT2D eigenvalue weighted by molar-refractivity contribution is 6.31. The molecule has 1 fully saturated rings. The first-order valence-corrected chi connectivity index (χ1v) is 5.87. The van der Waals surface area contributed by atoms with Gasteiger partial charge in [-0.25, -0.2) is 0 Å². The lowest BCUT2D eigenvalue weighted by atomic mass is 10.0. The van der Waals surface area contributed by atoms with Crippen LogP contribution in [0.5, 0.6) is 5.75 Å². The van der Waals surface area contributed by atoms with Crippen molar-refractivity contribution >= 4 is 17.3 Å². The number of methoxy groups -OCH3 is 1. The molecular weight excluding hydrogens is 224 g/mol. The molecule has 1 aromatic carbocycles. The van der Waals surface area contributed by atoms with Crippen LogP contribution in [0.3, 0.4) is 0 Å². The fraction of sp³-hybridized carbons (Fsp3) is 0.500. The molecule has 0 atom stereocenters. The average Bonchev–Trinajstić information content (AvgIpc) is 2.20. The molecule has 3 nitrogen and oxygen atoms in total. The molecule has 1 aromatic rings. The molecule has 0 radical (unpaired) electrons. The molecule has 4 heteroatoms. The van der Waals surface area contributed by atoms with Crippen molar-refractivity contribution in [3.05, 3.63) is 22.7 Å². The smallest absolute Gasteiger partial charge is 0.142 e. The number of hydrogen-bond donors (Lipinski definition) is 2. The Morgan fingerprint density at radius 2 is 2.25 bits per heavy atom. The lowest BCUT2D eigenvalue weighted by molar-refractivity contribution is 0.364. The van der Waals surface area contributed by atoms with E-state index in [1.807, 2.05) is 19.1 Å². The van der Waals surface area contributed by atoms with Crippen LogP contribution in [-0.2, 0) is 0 Å². The fourth-order valence-electron chi connectivity index (χ4n) is 1.71. The fourth-order valence-corrected chi connectivity index (χ4v) is 1.87. The number of halogens is 1. The van der Waals surface area contributed by atoms with Gasteiger partial charge < -0.3 is 15.4 Å². The van der Waals surface area contributed by atoms with Crippen LogP contribution in [0.15, 0.2) is 12.1 Å². The third-order valence-corrected chi connectivity index (χ3v) is 3.34. The van der Waals surface area contributed by atoms with Crippen molar-refractivity contribution in [3.8, 4) is 5.75 Å². The number of rotatable bonds is 4. The van der Waals surface area contributed by atoms with Crippen LogP contribution in [0.1, 0.15) is 5.56 Å². The number of nitrogens with one attached hydrogen (secondary N) is 2. The summed E-state index contributed by atoms with van der Waals surface area (Å²) < 4.78 is 5.33. The monoisotopic (exact) mass is 240 g/mol. The normalized spacial score (nSPS) is 15.7. The minimum Gasteiger partial charge on any atom is -0.495 e. The van der Waals surface area contributed by atoms with E-state index in [2.05, 4.69) is 10.6 Å². The number of aryl methyl sites for hydroxylation is 1. The van der Waals surface area contributed by atoms with Crippen molar-refractivity contribution in [2.75, 3.05) is 32.1 Å². The SMILES string of the molecule is COc1cc(C)c(Cl)cc1NCC1CNC1. The summed E-state index contributed by atoms with van der Waals surface area (Å²) in [5, 5.41) is 7.41. The van der Waals surface area contributed by atoms with Gasteiger partial charge in [-0.05, 0) is 24.6 Å². The second kappa shape index (κ2) is 4.93. The lowest BCUT2D eigenvalue weighted by Gasteiger charge is -2.28. The van der Waals surface area contributed by atoms with Crippen LogP contribution in [0, 0.1) is 12.8 Å². The van der Waals surface area contributed by atoms with Crippen LogP contribution in [0.25, 0.3) is 0 Å². The van der Waals surface area contributed by atoms with Crippen molar-refractivity contribution in [2.45, 2.75) is 6.92 Å². The topological polar surface area (TPSA) is 33.3 Å². The molecule has 1 aliphatic rings. The Hall–Kier alpha value is -0.930. The standard InChI is InChI=1S/C12H17ClN2O/c1-8-3-12(16-2)11(4-10(8)13)15-7-9-5-14-6-9/h3-4,9,14-15H,5-7H2,1-2H3. The first-order chi connectivity index (χ1) is 7.70. The largest absolute Gasteiger partial charge is 0.495 e. The van der Waals surface area contributed by atoms with Crippen molar-refractivity contribution in [2.24, 2.45) is 5.92 Å². The summed E-state index contributed by atoms with van der Waals surface area (Å²) in [6, 6.07) is 3.89. The van der Waals surface area contributed by atoms with Crippen molar-refractivity contribution in [3.63, 3.8) is 0 Å². The molecule has 2 rings (SSSR count). The summed E-state index contributed by atoms with van der Waals surface area (Å²) in [7, 11) is 1.68. The third kappa shape index (κ3) is 2.42. The molecule has 0 saturated carbocycles. The van der Waals surface area contributed by atoms with Gasteiger partial charge in [-0.2, -0.15) is 0 Å². The molecule has 0 spiro atoms. The van der Waals surface area contributed by atoms with Crippen LogP contribution >= 0.6 is 11.6 Å². The summed E-state index contributed by atoms with van der Waals surface area (Å²) in [5.41, 5.74) is 2.01. The number of ether oxygens (including phenoxy) is 1. The minimum absolute atomic E-state index is 0.713. The van der Waals surface area contributed by atoms with Gasteiger partial charge in [-0.1, -0.05) is 11.6 Å². The maximum absolute atomic E-state index is 6.10. The molecule has 1 saturated heterocycles. The van der Waals surface area contributed by atoms with Gasteiger partial charge in [0.25, 0.3) is 0 Å². The Kier molecular flexibility index (Phi) is 3.56. The second-order valence-electron chi connectivity index (χ2n) is 4.21. The highest BCUT2D eigenvalue weighted by atomic mass is 35.5. The van der Waals surface area contributed by atoms with E-state index in [1.165, 1.54) is 0 Å². The van der Waals surface area contributed by atoms with E-state index >= 15 is 0 Å². The van der Waals surface area contributed by atoms with Gasteiger partial charge in [-0.15, -0.1) is 0 Å². The van der Waals surface area contributed by atoms with Gasteiger partial charge in [0.2, 0.25) is 0 Å². The number of benzene rings is 1. The molecule has 0 bridgehead atoms. The Bertz CT molecular complexity index is 378. The Morgan fingerprint density at radius 1 is 1.50 bits per heavy atom. The predicted molar refractivity (Wildman–Crippen MR) is 67.6 cm³/mol. The predicted octanol–water partition coefficient (Wildman–Crippen LogP) is 2.29. The van der Waals surface area contributed by atoms with E-state index in [1.54, 1.807) is 7.11 Å². The Labute approximate surface area is 101 Å². The molecule has 0 amide bonds. The van der Waals surface area contributed by atoms with E-state index in [-0.39, 0.29) is 0 Å². The summed E-state index contributed by atoms with van der Waals surface area (Å²) in [5.74, 6) is 1.57. The van der Waals surface area contributed by atoms with E-state index in [0.29, 0.717) is 5.92 Å². The summed E-state index contributed by atoms with van der Waals surface area (Å²) >= 11 is 6.10. The minimum atomic E-state index is 0.713. The Morgan fingerprint density at radius 3 is 2.81 bits per heavy atom. The first kappa shape index (κ1) is 11.6. The summed E-state index contributed by atoms with van der Waals surface area (Å²) in [6.07, 6.45) is 0. The first-order valence-electron chi connectivity index (χ1n) is 5.49. The summed E-state index contributed by atoms with van der Waals surface area (Å²) in [4.78, 5) is 0. The van der Waals surface area contributed by atoms with Crippen molar-refractivity contribution in [1.82, 2.24) is 5.32 Å². The highest BCUT2D eigenvalue weighted by Crippen LogP contribution is 2.31. The molecule has 16 heavy (non-hydrogen) atoms. The maximum Gasteiger partial charge on any atom is 0.142 e. The molecule has 0 aromatic heterocycles. The molecular formula is C12H17ClN2O. The van der Waals surface area contributed by atoms with E-state index < -0.39 is 0 Å². The zero-order valence-corrected chi connectivity index (χ0v) is 10.4.